The van der Waals surface area contributed by atoms with Crippen LogP contribution in [0.3, 0.4) is 0 Å². The van der Waals surface area contributed by atoms with E-state index in [9.17, 15) is 22.8 Å². The molecule has 0 saturated heterocycles. The smallest absolute Gasteiger partial charge is 0.349 e. The number of hydrogen-bond donors (Lipinski definition) is 2. The maximum atomic E-state index is 13.0. The van der Waals surface area contributed by atoms with Crippen molar-refractivity contribution < 1.29 is 18.0 Å². The number of H-pyrrole nitrogens is 1. The zero-order valence-corrected chi connectivity index (χ0v) is 16.4. The number of aromatic nitrogens is 2. The van der Waals surface area contributed by atoms with Crippen molar-refractivity contribution in [1.82, 2.24) is 15.3 Å². The van der Waals surface area contributed by atoms with E-state index in [4.69, 9.17) is 0 Å². The number of amides is 1. The molecular weight excluding hydrogens is 395 g/mol. The lowest BCUT2D eigenvalue weighted by Crippen LogP contribution is -2.29. The van der Waals surface area contributed by atoms with E-state index in [0.29, 0.717) is 35.1 Å². The van der Waals surface area contributed by atoms with Crippen LogP contribution in [0.2, 0.25) is 0 Å². The Bertz CT molecular complexity index is 1090. The van der Waals surface area contributed by atoms with Gasteiger partial charge in [-0.1, -0.05) is 37.6 Å². The summed E-state index contributed by atoms with van der Waals surface area (Å²) in [6.45, 7) is 1.90. The van der Waals surface area contributed by atoms with Crippen LogP contribution in [0.1, 0.15) is 49.2 Å². The van der Waals surface area contributed by atoms with Crippen molar-refractivity contribution in [1.29, 1.82) is 0 Å². The van der Waals surface area contributed by atoms with Crippen LogP contribution >= 0.6 is 0 Å². The highest BCUT2D eigenvalue weighted by atomic mass is 19.4. The molecule has 1 atom stereocenters. The first-order valence-electron chi connectivity index (χ1n) is 9.72. The third-order valence-electron chi connectivity index (χ3n) is 4.78. The lowest BCUT2D eigenvalue weighted by Gasteiger charge is -2.20. The van der Waals surface area contributed by atoms with Gasteiger partial charge >= 0.3 is 6.18 Å². The van der Waals surface area contributed by atoms with Gasteiger partial charge in [0.1, 0.15) is 5.82 Å². The van der Waals surface area contributed by atoms with E-state index in [0.717, 1.165) is 12.1 Å². The predicted octanol–water partition coefficient (Wildman–Crippen LogP) is 4.53. The summed E-state index contributed by atoms with van der Waals surface area (Å²) in [6, 6.07) is 11.4. The maximum Gasteiger partial charge on any atom is 0.416 e. The molecule has 0 aliphatic heterocycles. The van der Waals surface area contributed by atoms with Gasteiger partial charge in [-0.2, -0.15) is 13.2 Å². The van der Waals surface area contributed by atoms with Crippen molar-refractivity contribution in [3.05, 3.63) is 75.8 Å². The summed E-state index contributed by atoms with van der Waals surface area (Å²) < 4.78 is 39.0. The van der Waals surface area contributed by atoms with Crippen LogP contribution in [0.4, 0.5) is 13.2 Å². The minimum absolute atomic E-state index is 0.0560. The van der Waals surface area contributed by atoms with Crippen molar-refractivity contribution in [2.24, 2.45) is 0 Å². The first-order valence-corrected chi connectivity index (χ1v) is 9.72. The zero-order chi connectivity index (χ0) is 21.7. The molecule has 158 valence electrons. The van der Waals surface area contributed by atoms with Crippen molar-refractivity contribution in [3.63, 3.8) is 0 Å². The third kappa shape index (κ3) is 5.25. The molecule has 0 saturated carbocycles. The number of hydrogen-bond acceptors (Lipinski definition) is 3. The number of benzene rings is 2. The van der Waals surface area contributed by atoms with Crippen LogP contribution in [0.5, 0.6) is 0 Å². The summed E-state index contributed by atoms with van der Waals surface area (Å²) in [6.07, 6.45) is -2.96. The molecule has 5 nitrogen and oxygen atoms in total. The minimum Gasteiger partial charge on any atom is -0.349 e. The fourth-order valence-corrected chi connectivity index (χ4v) is 3.29. The number of aryl methyl sites for hydroxylation is 1. The maximum absolute atomic E-state index is 13.0. The number of fused-ring (bicyclic) bond motifs is 1. The standard InChI is InChI=1S/C22H22F3N3O2/c1-2-6-17(14-7-5-8-15(13-14)22(23,24)25)27-20(29)12-11-19-26-18-10-4-3-9-16(18)21(30)28-19/h3-5,7-10,13,17H,2,6,11-12H2,1H3,(H,27,29)(H,26,28,30). The first kappa shape index (κ1) is 21.5. The molecule has 1 heterocycles. The number of carbonyl (C=O) groups excluding carboxylic acids is 1. The van der Waals surface area contributed by atoms with Gasteiger partial charge in [-0.3, -0.25) is 9.59 Å². The van der Waals surface area contributed by atoms with Gasteiger partial charge in [0, 0.05) is 12.8 Å². The molecule has 3 rings (SSSR count). The van der Waals surface area contributed by atoms with Crippen LogP contribution in [-0.2, 0) is 17.4 Å². The topological polar surface area (TPSA) is 74.8 Å². The number of para-hydroxylation sites is 1. The van der Waals surface area contributed by atoms with E-state index in [2.05, 4.69) is 15.3 Å². The van der Waals surface area contributed by atoms with Crippen LogP contribution in [0, 0.1) is 0 Å². The van der Waals surface area contributed by atoms with E-state index < -0.39 is 17.8 Å². The monoisotopic (exact) mass is 417 g/mol. The second kappa shape index (κ2) is 9.11. The fourth-order valence-electron chi connectivity index (χ4n) is 3.29. The molecule has 2 N–H and O–H groups in total. The summed E-state index contributed by atoms with van der Waals surface area (Å²) in [7, 11) is 0. The van der Waals surface area contributed by atoms with Gasteiger partial charge in [0.15, 0.2) is 0 Å². The van der Waals surface area contributed by atoms with Gasteiger partial charge < -0.3 is 10.3 Å². The molecule has 3 aromatic rings. The molecular formula is C22H22F3N3O2. The Morgan fingerprint density at radius 1 is 1.17 bits per heavy atom. The highest BCUT2D eigenvalue weighted by Crippen LogP contribution is 2.31. The highest BCUT2D eigenvalue weighted by molar-refractivity contribution is 5.78. The Labute approximate surface area is 171 Å². The molecule has 0 radical (unpaired) electrons. The van der Waals surface area contributed by atoms with Crippen LogP contribution < -0.4 is 10.9 Å². The first-order chi connectivity index (χ1) is 14.3. The molecule has 2 aromatic carbocycles. The van der Waals surface area contributed by atoms with Gasteiger partial charge in [0.05, 0.1) is 22.5 Å². The van der Waals surface area contributed by atoms with Gasteiger partial charge in [-0.25, -0.2) is 4.98 Å². The molecule has 8 heteroatoms. The summed E-state index contributed by atoms with van der Waals surface area (Å²) in [5, 5.41) is 3.28. The molecule has 1 amide bonds. The molecule has 0 aliphatic rings. The van der Waals surface area contributed by atoms with E-state index in [1.165, 1.54) is 6.07 Å². The molecule has 1 unspecified atom stereocenters. The molecule has 0 aliphatic carbocycles. The van der Waals surface area contributed by atoms with Crippen LogP contribution in [-0.4, -0.2) is 15.9 Å². The Morgan fingerprint density at radius 2 is 1.93 bits per heavy atom. The largest absolute Gasteiger partial charge is 0.416 e. The SMILES string of the molecule is CCCC(NC(=O)CCc1nc2ccccc2c(=O)[nH]1)c1cccc(C(F)(F)F)c1. The average Bonchev–Trinajstić information content (AvgIpc) is 2.71. The van der Waals surface area contributed by atoms with Crippen molar-refractivity contribution in [2.45, 2.75) is 44.8 Å². The van der Waals surface area contributed by atoms with Gasteiger partial charge in [-0.05, 0) is 36.2 Å². The van der Waals surface area contributed by atoms with Crippen molar-refractivity contribution in [2.75, 3.05) is 0 Å². The Balaban J connectivity index is 1.70. The Kier molecular flexibility index (Phi) is 6.54. The number of carbonyl (C=O) groups is 1. The Hall–Kier alpha value is -3.16. The lowest BCUT2D eigenvalue weighted by atomic mass is 9.99. The number of nitrogens with one attached hydrogen (secondary N) is 2. The summed E-state index contributed by atoms with van der Waals surface area (Å²) >= 11 is 0. The van der Waals surface area contributed by atoms with Crippen molar-refractivity contribution in [3.8, 4) is 0 Å². The average molecular weight is 417 g/mol. The van der Waals surface area contributed by atoms with E-state index >= 15 is 0 Å². The molecule has 0 spiro atoms. The van der Waals surface area contributed by atoms with Crippen LogP contribution in [0.15, 0.2) is 53.3 Å². The zero-order valence-electron chi connectivity index (χ0n) is 16.4. The quantitative estimate of drug-likeness (QED) is 0.593. The number of nitrogens with zero attached hydrogens (tertiary/aromatic N) is 1. The minimum atomic E-state index is -4.44. The van der Waals surface area contributed by atoms with E-state index in [1.54, 1.807) is 30.3 Å². The molecule has 0 bridgehead atoms. The van der Waals surface area contributed by atoms with E-state index in [1.807, 2.05) is 6.92 Å². The number of rotatable bonds is 7. The normalized spacial score (nSPS) is 12.7. The van der Waals surface area contributed by atoms with Crippen LogP contribution in [0.25, 0.3) is 10.9 Å². The van der Waals surface area contributed by atoms with Gasteiger partial charge in [-0.15, -0.1) is 0 Å². The lowest BCUT2D eigenvalue weighted by molar-refractivity contribution is -0.137. The molecule has 1 aromatic heterocycles. The fraction of sp³-hybridized carbons (Fsp3) is 0.318. The highest BCUT2D eigenvalue weighted by Gasteiger charge is 2.31. The van der Waals surface area contributed by atoms with Gasteiger partial charge in [0.2, 0.25) is 5.91 Å². The molecule has 0 fully saturated rings. The predicted molar refractivity (Wildman–Crippen MR) is 108 cm³/mol. The number of alkyl halides is 3. The summed E-state index contributed by atoms with van der Waals surface area (Å²) in [5.74, 6) is 0.0710. The van der Waals surface area contributed by atoms with Gasteiger partial charge in [0.25, 0.3) is 5.56 Å². The second-order valence-electron chi connectivity index (χ2n) is 7.06. The van der Waals surface area contributed by atoms with E-state index in [-0.39, 0.29) is 24.3 Å². The molecule has 30 heavy (non-hydrogen) atoms. The Morgan fingerprint density at radius 3 is 2.67 bits per heavy atom. The number of aromatic amines is 1. The summed E-state index contributed by atoms with van der Waals surface area (Å²) in [4.78, 5) is 31.6. The third-order valence-corrected chi connectivity index (χ3v) is 4.78. The summed E-state index contributed by atoms with van der Waals surface area (Å²) in [5.41, 5.74) is -0.0566. The number of halogens is 3. The second-order valence-corrected chi connectivity index (χ2v) is 7.06. The van der Waals surface area contributed by atoms with Crippen molar-refractivity contribution >= 4 is 16.8 Å².